The third-order valence-corrected chi connectivity index (χ3v) is 14.8. The van der Waals surface area contributed by atoms with Gasteiger partial charge in [0.2, 0.25) is 23.1 Å². The molecule has 12 unspecified atom stereocenters. The van der Waals surface area contributed by atoms with E-state index in [1.54, 1.807) is 53.7 Å². The van der Waals surface area contributed by atoms with Gasteiger partial charge in [-0.3, -0.25) is 28.8 Å². The van der Waals surface area contributed by atoms with E-state index in [1.165, 1.54) is 78.7 Å². The van der Waals surface area contributed by atoms with E-state index in [2.05, 4.69) is 21.3 Å². The third-order valence-electron chi connectivity index (χ3n) is 14.8. The molecule has 12 atom stereocenters. The van der Waals surface area contributed by atoms with Gasteiger partial charge in [-0.25, -0.2) is 14.4 Å². The number of Topliss-reactive ketones (excluding diaryl/α,β-unsaturated/α-hetero) is 2. The molecule has 0 aromatic rings. The fourth-order valence-electron chi connectivity index (χ4n) is 10.2. The zero-order valence-corrected chi connectivity index (χ0v) is 50.8. The van der Waals surface area contributed by atoms with E-state index < -0.39 is 126 Å². The van der Waals surface area contributed by atoms with Gasteiger partial charge in [0.25, 0.3) is 11.8 Å². The number of fused-ring (bicyclic) bond motifs is 4. The highest BCUT2D eigenvalue weighted by atomic mass is 16.7. The molecule has 0 aromatic carbocycles. The van der Waals surface area contributed by atoms with E-state index in [9.17, 15) is 53.4 Å². The smallest absolute Gasteiger partial charge is 0.439 e. The van der Waals surface area contributed by atoms with Crippen LogP contribution in [0.3, 0.4) is 0 Å². The number of rotatable bonds is 14. The van der Waals surface area contributed by atoms with Gasteiger partial charge >= 0.3 is 18.3 Å². The van der Waals surface area contributed by atoms with Gasteiger partial charge in [0.05, 0.1) is 47.2 Å². The van der Waals surface area contributed by atoms with Crippen LogP contribution in [-0.4, -0.2) is 167 Å². The molecule has 0 saturated carbocycles. The van der Waals surface area contributed by atoms with Crippen LogP contribution in [0.4, 0.5) is 14.4 Å². The quantitative estimate of drug-likeness (QED) is 0.0402. The Morgan fingerprint density at radius 3 is 1.27 bits per heavy atom. The summed E-state index contributed by atoms with van der Waals surface area (Å²) >= 11 is 0. The van der Waals surface area contributed by atoms with E-state index >= 15 is 0 Å². The Morgan fingerprint density at radius 2 is 0.942 bits per heavy atom. The standard InChI is InChI=1S/C61H84N6O19/c1-31-23-39-49(43(68)29-41(53(39)72)66-57(74)33(3)15-13-17-45(79-9)55(85-59(62)76)37(7)27-35(5)51(70)47(25-31)81-11)64-19-21-83-61(78)84-22-20-65-50-40-24-32(2)26-48(82-12)52(71)36(6)28-38(8)56(86-60(63)77)46(80-10)18-14-16-34(4)58(75)67-42(54(40)73)30-44(50)69/h13-18,27-32,35-36,45-48,51-52,55-56,64-65,70-71H,19-26H2,1-12H3,(H2,62,76)(H2,63,77)(H,66,74)(H,67,75)/b17-13-,18-14-,33-15+,34-16+,37-27+,38-28+. The summed E-state index contributed by atoms with van der Waals surface area (Å²) in [5, 5.41) is 33.9. The minimum atomic E-state index is -1.14. The molecule has 0 aromatic heterocycles. The van der Waals surface area contributed by atoms with Crippen LogP contribution in [0.15, 0.2) is 117 Å². The number of aliphatic hydroxyl groups excluding tert-OH is 2. The molecule has 4 aliphatic rings. The van der Waals surface area contributed by atoms with Crippen LogP contribution >= 0.6 is 0 Å². The molecular weight excluding hydrogens is 1120 g/mol. The molecule has 0 saturated heterocycles. The maximum Gasteiger partial charge on any atom is 0.508 e. The van der Waals surface area contributed by atoms with Crippen molar-refractivity contribution in [2.75, 3.05) is 54.7 Å². The number of allylic oxidation sites excluding steroid dienone is 8. The van der Waals surface area contributed by atoms with Gasteiger partial charge in [-0.15, -0.1) is 0 Å². The maximum absolute atomic E-state index is 14.2. The molecule has 472 valence electrons. The predicted molar refractivity (Wildman–Crippen MR) is 312 cm³/mol. The highest BCUT2D eigenvalue weighted by molar-refractivity contribution is 6.24. The summed E-state index contributed by atoms with van der Waals surface area (Å²) < 4.78 is 44.0. The van der Waals surface area contributed by atoms with Crippen molar-refractivity contribution in [2.24, 2.45) is 35.1 Å². The maximum atomic E-state index is 14.2. The number of carbonyl (C=O) groups is 9. The highest BCUT2D eigenvalue weighted by Gasteiger charge is 2.36. The average molecular weight is 1210 g/mol. The minimum Gasteiger partial charge on any atom is -0.439 e. The van der Waals surface area contributed by atoms with Crippen molar-refractivity contribution in [3.8, 4) is 0 Å². The summed E-state index contributed by atoms with van der Waals surface area (Å²) in [6, 6.07) is 0. The summed E-state index contributed by atoms with van der Waals surface area (Å²) in [6.07, 6.45) is 3.78. The van der Waals surface area contributed by atoms with Gasteiger partial charge < -0.3 is 80.8 Å². The monoisotopic (exact) mass is 1200 g/mol. The Labute approximate surface area is 501 Å². The lowest BCUT2D eigenvalue weighted by Crippen LogP contribution is -2.38. The van der Waals surface area contributed by atoms with Crippen molar-refractivity contribution in [3.05, 3.63) is 117 Å². The number of ether oxygens (including phenoxy) is 8. The average Bonchev–Trinajstić information content (AvgIpc) is 1.50. The van der Waals surface area contributed by atoms with Gasteiger partial charge in [0.15, 0.2) is 12.2 Å². The number of ketones is 4. The van der Waals surface area contributed by atoms with E-state index in [4.69, 9.17) is 49.4 Å². The van der Waals surface area contributed by atoms with Gasteiger partial charge in [0, 0.05) is 87.8 Å². The molecule has 4 rings (SSSR count). The highest BCUT2D eigenvalue weighted by Crippen LogP contribution is 2.31. The summed E-state index contributed by atoms with van der Waals surface area (Å²) in [7, 11) is 5.62. The van der Waals surface area contributed by atoms with Crippen molar-refractivity contribution in [2.45, 2.75) is 130 Å². The first-order chi connectivity index (χ1) is 40.6. The SMILES string of the molecule is COC1/C=C\C=C(/C)C(=O)NC2=CC(=O)C(NCCOC(=O)OCCNC3=C4CC(C)CC(OC)C(O)C(C)/C=C(\C)C(OC(N)=O)C(OC)/C=C\C=C(/C)C(=O)NC(=CC3=O)C4=O)=C(CC(C)CC(OC)C(O)C(C)/C=C(\C)C1OC(N)=O)C2=O. The van der Waals surface area contributed by atoms with Gasteiger partial charge in [-0.2, -0.15) is 0 Å². The largest absolute Gasteiger partial charge is 0.508 e. The summed E-state index contributed by atoms with van der Waals surface area (Å²) in [5.41, 5.74) is 11.3. The number of amides is 4. The van der Waals surface area contributed by atoms with E-state index in [0.29, 0.717) is 11.1 Å². The van der Waals surface area contributed by atoms with Crippen LogP contribution in [-0.2, 0) is 66.7 Å². The van der Waals surface area contributed by atoms with Crippen LogP contribution < -0.4 is 32.7 Å². The van der Waals surface area contributed by atoms with Crippen LogP contribution in [0.1, 0.15) is 81.1 Å². The zero-order valence-electron chi connectivity index (χ0n) is 50.8. The Kier molecular flexibility index (Phi) is 27.8. The fraction of sp³-hybridized carbons (Fsp3) is 0.525. The second-order valence-corrected chi connectivity index (χ2v) is 21.7. The zero-order chi connectivity index (χ0) is 64.1. The molecule has 0 fully saturated rings. The number of hydrogen-bond acceptors (Lipinski definition) is 21. The molecule has 2 heterocycles. The molecule has 25 heteroatoms. The lowest BCUT2D eigenvalue weighted by molar-refractivity contribution is -0.120. The molecule has 25 nitrogen and oxygen atoms in total. The normalized spacial score (nSPS) is 31.3. The van der Waals surface area contributed by atoms with E-state index in [0.717, 1.165) is 12.2 Å². The summed E-state index contributed by atoms with van der Waals surface area (Å²) in [5.74, 6) is -6.03. The lowest BCUT2D eigenvalue weighted by Gasteiger charge is -2.30. The number of hydrogen-bond donors (Lipinski definition) is 8. The van der Waals surface area contributed by atoms with Crippen molar-refractivity contribution in [1.29, 1.82) is 0 Å². The molecule has 4 bridgehead atoms. The Hall–Kier alpha value is -7.81. The molecule has 4 amide bonds. The van der Waals surface area contributed by atoms with Crippen molar-refractivity contribution >= 4 is 53.3 Å². The van der Waals surface area contributed by atoms with Crippen LogP contribution in [0, 0.1) is 23.7 Å². The molecule has 2 aliphatic carbocycles. The topological polar surface area (TPSA) is 368 Å². The second-order valence-electron chi connectivity index (χ2n) is 21.7. The van der Waals surface area contributed by atoms with E-state index in [1.807, 2.05) is 0 Å². The van der Waals surface area contributed by atoms with Gasteiger partial charge in [0.1, 0.15) is 25.4 Å². The Morgan fingerprint density at radius 1 is 0.581 bits per heavy atom. The van der Waals surface area contributed by atoms with Crippen LogP contribution in [0.25, 0.3) is 0 Å². The summed E-state index contributed by atoms with van der Waals surface area (Å²) in [6.45, 7) is 12.3. The van der Waals surface area contributed by atoms with E-state index in [-0.39, 0.29) is 97.1 Å². The number of aliphatic hydroxyl groups is 2. The molecule has 0 radical (unpaired) electrons. The second kappa shape index (κ2) is 33.8. The first-order valence-electron chi connectivity index (χ1n) is 28.1. The van der Waals surface area contributed by atoms with Crippen LogP contribution in [0.5, 0.6) is 0 Å². The number of methoxy groups -OCH3 is 4. The summed E-state index contributed by atoms with van der Waals surface area (Å²) in [4.78, 5) is 120. The first-order valence-corrected chi connectivity index (χ1v) is 28.1. The van der Waals surface area contributed by atoms with Crippen molar-refractivity contribution in [3.63, 3.8) is 0 Å². The third kappa shape index (κ3) is 20.2. The lowest BCUT2D eigenvalue weighted by atomic mass is 9.85. The van der Waals surface area contributed by atoms with Gasteiger partial charge in [-0.1, -0.05) is 76.3 Å². The minimum absolute atomic E-state index is 0.0113. The van der Waals surface area contributed by atoms with Gasteiger partial charge in [-0.05, 0) is 76.4 Å². The predicted octanol–water partition coefficient (Wildman–Crippen LogP) is 3.87. The van der Waals surface area contributed by atoms with Crippen LogP contribution in [0.2, 0.25) is 0 Å². The number of primary amides is 2. The molecule has 86 heavy (non-hydrogen) atoms. The molecule has 2 aliphatic heterocycles. The fourth-order valence-corrected chi connectivity index (χ4v) is 10.2. The van der Waals surface area contributed by atoms with Crippen molar-refractivity contribution in [1.82, 2.24) is 21.3 Å². The number of carbonyl (C=O) groups excluding carboxylic acids is 9. The molecule has 10 N–H and O–H groups in total. The van der Waals surface area contributed by atoms with Crippen molar-refractivity contribution < 1.29 is 91.3 Å². The molecule has 0 spiro atoms. The Balaban J connectivity index is 1.51. The number of nitrogens with two attached hydrogens (primary N) is 2. The Bertz CT molecular complexity index is 2690. The first kappa shape index (κ1) is 70.7. The number of nitrogens with one attached hydrogen (secondary N) is 4. The molecular formula is C61H84N6O19.